The van der Waals surface area contributed by atoms with Crippen LogP contribution in [0.25, 0.3) is 5.65 Å². The standard InChI is InChI=1S/C22H24F3N5O.HI/c1-26-21(27-9-8-18-14-29-10-3-2-7-20(29)28-18)30-11-12-31-19(15-30)16-5-4-6-17(13-16)22(23,24)25;/h2-7,10,13-14,19H,8-9,11-12,15H2,1H3,(H,26,27);1H. The van der Waals surface area contributed by atoms with E-state index in [-0.39, 0.29) is 24.0 Å². The number of pyridine rings is 1. The van der Waals surface area contributed by atoms with Crippen molar-refractivity contribution in [3.63, 3.8) is 0 Å². The van der Waals surface area contributed by atoms with Gasteiger partial charge in [0.15, 0.2) is 5.96 Å². The number of aromatic nitrogens is 2. The number of morpholine rings is 1. The number of hydrogen-bond acceptors (Lipinski definition) is 3. The lowest BCUT2D eigenvalue weighted by molar-refractivity contribution is -0.137. The monoisotopic (exact) mass is 559 g/mol. The summed E-state index contributed by atoms with van der Waals surface area (Å²) in [5, 5.41) is 3.33. The first-order chi connectivity index (χ1) is 14.9. The van der Waals surface area contributed by atoms with Crippen molar-refractivity contribution in [3.8, 4) is 0 Å². The normalized spacial score (nSPS) is 17.3. The maximum Gasteiger partial charge on any atom is 0.416 e. The number of guanidine groups is 1. The molecule has 3 aromatic rings. The first-order valence-corrected chi connectivity index (χ1v) is 10.1. The number of halogens is 4. The SMILES string of the molecule is CN=C(NCCc1cn2ccccc2n1)N1CCOC(c2cccc(C(F)(F)F)c2)C1.I. The fraction of sp³-hybridized carbons (Fsp3) is 0.364. The van der Waals surface area contributed by atoms with E-state index in [1.165, 1.54) is 6.07 Å². The Morgan fingerprint density at radius 2 is 2.09 bits per heavy atom. The van der Waals surface area contributed by atoms with Crippen LogP contribution in [0.2, 0.25) is 0 Å². The molecule has 0 spiro atoms. The summed E-state index contributed by atoms with van der Waals surface area (Å²) < 4.78 is 46.9. The van der Waals surface area contributed by atoms with Crippen LogP contribution >= 0.6 is 24.0 Å². The number of imidazole rings is 1. The third-order valence-corrected chi connectivity index (χ3v) is 5.24. The number of alkyl halides is 3. The lowest BCUT2D eigenvalue weighted by atomic mass is 10.0. The van der Waals surface area contributed by atoms with Gasteiger partial charge in [0.05, 0.1) is 24.4 Å². The smallest absolute Gasteiger partial charge is 0.370 e. The zero-order chi connectivity index (χ0) is 21.8. The molecule has 2 aromatic heterocycles. The van der Waals surface area contributed by atoms with Crippen molar-refractivity contribution in [1.29, 1.82) is 0 Å². The van der Waals surface area contributed by atoms with Gasteiger partial charge in [-0.05, 0) is 29.8 Å². The van der Waals surface area contributed by atoms with Crippen molar-refractivity contribution in [2.45, 2.75) is 18.7 Å². The lowest BCUT2D eigenvalue weighted by Gasteiger charge is -2.35. The Morgan fingerprint density at radius 3 is 2.84 bits per heavy atom. The molecule has 1 aliphatic heterocycles. The molecule has 172 valence electrons. The average molecular weight is 559 g/mol. The topological polar surface area (TPSA) is 54.2 Å². The van der Waals surface area contributed by atoms with Gasteiger partial charge in [0.1, 0.15) is 11.8 Å². The molecule has 0 aliphatic carbocycles. The van der Waals surface area contributed by atoms with Crippen LogP contribution < -0.4 is 5.32 Å². The van der Waals surface area contributed by atoms with E-state index in [9.17, 15) is 13.2 Å². The Bertz CT molecular complexity index is 1040. The van der Waals surface area contributed by atoms with Gasteiger partial charge < -0.3 is 19.4 Å². The number of nitrogens with zero attached hydrogens (tertiary/aromatic N) is 4. The van der Waals surface area contributed by atoms with Crippen LogP contribution in [-0.4, -0.2) is 53.5 Å². The predicted octanol–water partition coefficient (Wildman–Crippen LogP) is 4.16. The van der Waals surface area contributed by atoms with Crippen molar-refractivity contribution in [3.05, 3.63) is 71.7 Å². The molecule has 1 unspecified atom stereocenters. The third-order valence-electron chi connectivity index (χ3n) is 5.24. The third kappa shape index (κ3) is 5.71. The average Bonchev–Trinajstić information content (AvgIpc) is 3.19. The van der Waals surface area contributed by atoms with Gasteiger partial charge in [-0.25, -0.2) is 4.98 Å². The molecule has 10 heteroatoms. The molecule has 0 radical (unpaired) electrons. The maximum atomic E-state index is 13.1. The predicted molar refractivity (Wildman–Crippen MR) is 127 cm³/mol. The van der Waals surface area contributed by atoms with E-state index >= 15 is 0 Å². The Balaban J connectivity index is 0.00000289. The van der Waals surface area contributed by atoms with Gasteiger partial charge in [0, 0.05) is 39.0 Å². The highest BCUT2D eigenvalue weighted by molar-refractivity contribution is 14.0. The minimum atomic E-state index is -4.38. The summed E-state index contributed by atoms with van der Waals surface area (Å²) in [5.74, 6) is 0.698. The van der Waals surface area contributed by atoms with Crippen LogP contribution in [0, 0.1) is 0 Å². The van der Waals surface area contributed by atoms with Gasteiger partial charge in [0.2, 0.25) is 0 Å². The molecule has 32 heavy (non-hydrogen) atoms. The quantitative estimate of drug-likeness (QED) is 0.297. The van der Waals surface area contributed by atoms with E-state index in [0.717, 1.165) is 29.9 Å². The lowest BCUT2D eigenvalue weighted by Crippen LogP contribution is -2.48. The fourth-order valence-corrected chi connectivity index (χ4v) is 3.70. The van der Waals surface area contributed by atoms with E-state index in [1.54, 1.807) is 13.1 Å². The van der Waals surface area contributed by atoms with Crippen molar-refractivity contribution in [2.75, 3.05) is 33.3 Å². The number of aliphatic imine (C=N–C) groups is 1. The van der Waals surface area contributed by atoms with Crippen LogP contribution in [0.1, 0.15) is 22.9 Å². The summed E-state index contributed by atoms with van der Waals surface area (Å²) in [7, 11) is 1.70. The summed E-state index contributed by atoms with van der Waals surface area (Å²) in [5.41, 5.74) is 1.72. The summed E-state index contributed by atoms with van der Waals surface area (Å²) in [6, 6.07) is 11.2. The highest BCUT2D eigenvalue weighted by Gasteiger charge is 2.32. The zero-order valence-electron chi connectivity index (χ0n) is 17.5. The van der Waals surface area contributed by atoms with Crippen LogP contribution in [0.3, 0.4) is 0 Å². The van der Waals surface area contributed by atoms with Crippen molar-refractivity contribution < 1.29 is 17.9 Å². The Morgan fingerprint density at radius 1 is 1.25 bits per heavy atom. The first-order valence-electron chi connectivity index (χ1n) is 10.1. The van der Waals surface area contributed by atoms with E-state index in [2.05, 4.69) is 15.3 Å². The fourth-order valence-electron chi connectivity index (χ4n) is 3.70. The number of hydrogen-bond donors (Lipinski definition) is 1. The molecule has 4 rings (SSSR count). The van der Waals surface area contributed by atoms with Crippen molar-refractivity contribution >= 4 is 35.6 Å². The molecule has 0 bridgehead atoms. The van der Waals surface area contributed by atoms with Crippen LogP contribution in [0.15, 0.2) is 59.9 Å². The molecule has 1 aliphatic rings. The second kappa shape index (κ2) is 10.5. The van der Waals surface area contributed by atoms with Crippen LogP contribution in [-0.2, 0) is 17.3 Å². The summed E-state index contributed by atoms with van der Waals surface area (Å²) in [6.07, 6.45) is -0.145. The van der Waals surface area contributed by atoms with Gasteiger partial charge >= 0.3 is 6.18 Å². The summed E-state index contributed by atoms with van der Waals surface area (Å²) >= 11 is 0. The molecule has 6 nitrogen and oxygen atoms in total. The zero-order valence-corrected chi connectivity index (χ0v) is 19.9. The highest BCUT2D eigenvalue weighted by atomic mass is 127. The van der Waals surface area contributed by atoms with Gasteiger partial charge in [-0.1, -0.05) is 18.2 Å². The molecule has 1 N–H and O–H groups in total. The maximum absolute atomic E-state index is 13.1. The number of rotatable bonds is 4. The van der Waals surface area contributed by atoms with E-state index in [4.69, 9.17) is 4.74 Å². The molecular weight excluding hydrogens is 534 g/mol. The Labute approximate surface area is 201 Å². The number of benzene rings is 1. The van der Waals surface area contributed by atoms with Gasteiger partial charge in [-0.15, -0.1) is 24.0 Å². The Hall–Kier alpha value is -2.34. The van der Waals surface area contributed by atoms with Gasteiger partial charge in [-0.3, -0.25) is 4.99 Å². The van der Waals surface area contributed by atoms with Crippen molar-refractivity contribution in [1.82, 2.24) is 19.6 Å². The van der Waals surface area contributed by atoms with Crippen molar-refractivity contribution in [2.24, 2.45) is 4.99 Å². The molecule has 1 fully saturated rings. The molecule has 1 saturated heterocycles. The van der Waals surface area contributed by atoms with E-state index < -0.39 is 17.8 Å². The molecule has 0 saturated carbocycles. The van der Waals surface area contributed by atoms with Gasteiger partial charge in [-0.2, -0.15) is 13.2 Å². The number of fused-ring (bicyclic) bond motifs is 1. The Kier molecular flexibility index (Phi) is 7.99. The minimum Gasteiger partial charge on any atom is -0.370 e. The van der Waals surface area contributed by atoms with E-state index in [0.29, 0.717) is 37.8 Å². The van der Waals surface area contributed by atoms with Gasteiger partial charge in [0.25, 0.3) is 0 Å². The minimum absolute atomic E-state index is 0. The number of nitrogens with one attached hydrogen (secondary N) is 1. The molecule has 1 atom stereocenters. The van der Waals surface area contributed by atoms with Crippen LogP contribution in [0.5, 0.6) is 0 Å². The second-order valence-electron chi connectivity index (χ2n) is 7.35. The second-order valence-corrected chi connectivity index (χ2v) is 7.35. The molecular formula is C22H25F3IN5O. The van der Waals surface area contributed by atoms with E-state index in [1.807, 2.05) is 39.9 Å². The first kappa shape index (κ1) is 24.3. The largest absolute Gasteiger partial charge is 0.416 e. The summed E-state index contributed by atoms with van der Waals surface area (Å²) in [6.45, 7) is 2.09. The highest BCUT2D eigenvalue weighted by Crippen LogP contribution is 2.32. The molecule has 3 heterocycles. The summed E-state index contributed by atoms with van der Waals surface area (Å²) in [4.78, 5) is 10.9. The number of ether oxygens (including phenoxy) is 1. The molecule has 0 amide bonds. The van der Waals surface area contributed by atoms with Crippen LogP contribution in [0.4, 0.5) is 13.2 Å². The molecule has 1 aromatic carbocycles.